The Balaban J connectivity index is 1.67. The summed E-state index contributed by atoms with van der Waals surface area (Å²) in [7, 11) is 0. The molecule has 0 fully saturated rings. The van der Waals surface area contributed by atoms with E-state index in [0.29, 0.717) is 6.04 Å². The molecule has 0 atom stereocenters. The maximum absolute atomic E-state index is 4.66. The van der Waals surface area contributed by atoms with Gasteiger partial charge in [-0.2, -0.15) is 0 Å². The van der Waals surface area contributed by atoms with Gasteiger partial charge in [0.1, 0.15) is 0 Å². The minimum absolute atomic E-state index is 0.515. The van der Waals surface area contributed by atoms with Crippen LogP contribution in [0.25, 0.3) is 0 Å². The second-order valence-corrected chi connectivity index (χ2v) is 6.23. The van der Waals surface area contributed by atoms with Gasteiger partial charge in [-0.25, -0.2) is 0 Å². The highest BCUT2D eigenvalue weighted by molar-refractivity contribution is 7.99. The van der Waals surface area contributed by atoms with E-state index < -0.39 is 0 Å². The number of benzene rings is 1. The number of rotatable bonds is 7. The van der Waals surface area contributed by atoms with Gasteiger partial charge in [-0.1, -0.05) is 30.4 Å². The van der Waals surface area contributed by atoms with Gasteiger partial charge in [0.25, 0.3) is 0 Å². The number of nitrogens with one attached hydrogen (secondary N) is 2. The van der Waals surface area contributed by atoms with Crippen LogP contribution in [0.2, 0.25) is 0 Å². The first kappa shape index (κ1) is 16.0. The van der Waals surface area contributed by atoms with E-state index in [9.17, 15) is 0 Å². The van der Waals surface area contributed by atoms with Gasteiger partial charge < -0.3 is 10.6 Å². The number of thioether (sulfide) groups is 1. The summed E-state index contributed by atoms with van der Waals surface area (Å²) in [5.41, 5.74) is 0. The van der Waals surface area contributed by atoms with E-state index >= 15 is 0 Å². The van der Waals surface area contributed by atoms with Crippen LogP contribution in [0.3, 0.4) is 0 Å². The van der Waals surface area contributed by atoms with Crippen molar-refractivity contribution in [3.63, 3.8) is 0 Å². The molecule has 0 unspecified atom stereocenters. The molecule has 0 spiro atoms. The summed E-state index contributed by atoms with van der Waals surface area (Å²) >= 11 is 1.90. The molecule has 3 nitrogen and oxygen atoms in total. The van der Waals surface area contributed by atoms with E-state index in [1.54, 1.807) is 0 Å². The molecule has 2 rings (SSSR count). The Labute approximate surface area is 132 Å². The molecular weight excluding hydrogens is 278 g/mol. The third kappa shape index (κ3) is 6.25. The van der Waals surface area contributed by atoms with E-state index in [4.69, 9.17) is 0 Å². The molecule has 0 heterocycles. The second kappa shape index (κ2) is 9.50. The SMILES string of the molecule is CCNC(=NCCCSc1ccccc1)NC1CC=CC1. The lowest BCUT2D eigenvalue weighted by atomic mass is 10.2. The molecule has 0 saturated heterocycles. The molecule has 0 bridgehead atoms. The lowest BCUT2D eigenvalue weighted by Crippen LogP contribution is -2.42. The van der Waals surface area contributed by atoms with E-state index in [0.717, 1.165) is 44.1 Å². The van der Waals surface area contributed by atoms with Crippen molar-refractivity contribution in [2.45, 2.75) is 37.1 Å². The van der Waals surface area contributed by atoms with Crippen LogP contribution in [-0.2, 0) is 0 Å². The average molecular weight is 303 g/mol. The summed E-state index contributed by atoms with van der Waals surface area (Å²) in [5.74, 6) is 2.06. The van der Waals surface area contributed by atoms with E-state index in [2.05, 4.69) is 65.0 Å². The molecule has 4 heteroatoms. The number of guanidine groups is 1. The third-order valence-electron chi connectivity index (χ3n) is 3.28. The van der Waals surface area contributed by atoms with Gasteiger partial charge in [0, 0.05) is 24.0 Å². The van der Waals surface area contributed by atoms with Crippen LogP contribution in [0, 0.1) is 0 Å². The van der Waals surface area contributed by atoms with Crippen LogP contribution in [-0.4, -0.2) is 30.8 Å². The lowest BCUT2D eigenvalue weighted by molar-refractivity contribution is 0.633. The van der Waals surface area contributed by atoms with Crippen molar-refractivity contribution in [1.82, 2.24) is 10.6 Å². The summed E-state index contributed by atoms with van der Waals surface area (Å²) in [4.78, 5) is 6.00. The molecule has 0 amide bonds. The van der Waals surface area contributed by atoms with Crippen molar-refractivity contribution in [1.29, 1.82) is 0 Å². The first-order chi connectivity index (χ1) is 10.4. The molecule has 1 aliphatic rings. The molecule has 1 aromatic carbocycles. The van der Waals surface area contributed by atoms with E-state index in [1.807, 2.05) is 11.8 Å². The van der Waals surface area contributed by atoms with Crippen LogP contribution < -0.4 is 10.6 Å². The summed E-state index contributed by atoms with van der Waals surface area (Å²) in [6, 6.07) is 11.1. The Hall–Kier alpha value is -1.42. The average Bonchev–Trinajstić information content (AvgIpc) is 3.01. The largest absolute Gasteiger partial charge is 0.357 e. The number of hydrogen-bond acceptors (Lipinski definition) is 2. The van der Waals surface area contributed by atoms with Crippen molar-refractivity contribution in [3.8, 4) is 0 Å². The standard InChI is InChI=1S/C17H25N3S/c1-2-18-17(20-15-9-6-7-10-15)19-13-8-14-21-16-11-4-3-5-12-16/h3-7,11-12,15H,2,8-10,13-14H2,1H3,(H2,18,19,20). The fourth-order valence-electron chi connectivity index (χ4n) is 2.21. The highest BCUT2D eigenvalue weighted by Gasteiger charge is 2.11. The van der Waals surface area contributed by atoms with Gasteiger partial charge in [0.05, 0.1) is 0 Å². The van der Waals surface area contributed by atoms with Crippen LogP contribution in [0.1, 0.15) is 26.2 Å². The molecule has 114 valence electrons. The topological polar surface area (TPSA) is 36.4 Å². The van der Waals surface area contributed by atoms with E-state index in [-0.39, 0.29) is 0 Å². The Morgan fingerprint density at radius 2 is 2.00 bits per heavy atom. The monoisotopic (exact) mass is 303 g/mol. The normalized spacial score (nSPS) is 15.4. The van der Waals surface area contributed by atoms with Crippen molar-refractivity contribution < 1.29 is 0 Å². The molecule has 1 aromatic rings. The van der Waals surface area contributed by atoms with Gasteiger partial charge >= 0.3 is 0 Å². The van der Waals surface area contributed by atoms with E-state index in [1.165, 1.54) is 4.90 Å². The quantitative estimate of drug-likeness (QED) is 0.266. The van der Waals surface area contributed by atoms with Crippen molar-refractivity contribution in [2.24, 2.45) is 4.99 Å². The van der Waals surface area contributed by atoms with Crippen LogP contribution in [0.15, 0.2) is 52.4 Å². The second-order valence-electron chi connectivity index (χ2n) is 5.06. The van der Waals surface area contributed by atoms with Crippen molar-refractivity contribution in [3.05, 3.63) is 42.5 Å². The Morgan fingerprint density at radius 1 is 1.24 bits per heavy atom. The van der Waals surface area contributed by atoms with Crippen molar-refractivity contribution in [2.75, 3.05) is 18.8 Å². The zero-order valence-corrected chi connectivity index (χ0v) is 13.5. The van der Waals surface area contributed by atoms with Gasteiger partial charge in [-0.05, 0) is 44.1 Å². The number of aliphatic imine (C=N–C) groups is 1. The highest BCUT2D eigenvalue weighted by Crippen LogP contribution is 2.17. The smallest absolute Gasteiger partial charge is 0.191 e. The Morgan fingerprint density at radius 3 is 2.71 bits per heavy atom. The Kier molecular flexibility index (Phi) is 7.22. The number of nitrogens with zero attached hydrogens (tertiary/aromatic N) is 1. The summed E-state index contributed by atoms with van der Waals surface area (Å²) < 4.78 is 0. The molecule has 0 aromatic heterocycles. The zero-order valence-electron chi connectivity index (χ0n) is 12.7. The molecule has 21 heavy (non-hydrogen) atoms. The van der Waals surface area contributed by atoms with Crippen LogP contribution in [0.4, 0.5) is 0 Å². The molecule has 0 saturated carbocycles. The fraction of sp³-hybridized carbons (Fsp3) is 0.471. The van der Waals surface area contributed by atoms with Gasteiger partial charge in [0.15, 0.2) is 5.96 Å². The number of hydrogen-bond donors (Lipinski definition) is 2. The minimum Gasteiger partial charge on any atom is -0.357 e. The summed E-state index contributed by atoms with van der Waals surface area (Å²) in [6.07, 6.45) is 7.77. The predicted molar refractivity (Wildman–Crippen MR) is 93.1 cm³/mol. The van der Waals surface area contributed by atoms with Crippen LogP contribution in [0.5, 0.6) is 0 Å². The first-order valence-electron chi connectivity index (χ1n) is 7.76. The summed E-state index contributed by atoms with van der Waals surface area (Å²) in [6.45, 7) is 3.88. The lowest BCUT2D eigenvalue weighted by Gasteiger charge is -2.16. The first-order valence-corrected chi connectivity index (χ1v) is 8.74. The zero-order chi connectivity index (χ0) is 14.8. The van der Waals surface area contributed by atoms with Crippen LogP contribution >= 0.6 is 11.8 Å². The fourth-order valence-corrected chi connectivity index (χ4v) is 3.07. The van der Waals surface area contributed by atoms with Gasteiger partial charge in [0.2, 0.25) is 0 Å². The molecule has 0 radical (unpaired) electrons. The Bertz CT molecular complexity index is 448. The molecule has 0 aliphatic heterocycles. The van der Waals surface area contributed by atoms with Gasteiger partial charge in [-0.15, -0.1) is 11.8 Å². The summed E-state index contributed by atoms with van der Waals surface area (Å²) in [5, 5.41) is 6.82. The highest BCUT2D eigenvalue weighted by atomic mass is 32.2. The molecule has 2 N–H and O–H groups in total. The maximum atomic E-state index is 4.66. The van der Waals surface area contributed by atoms with Crippen molar-refractivity contribution >= 4 is 17.7 Å². The van der Waals surface area contributed by atoms with Gasteiger partial charge in [-0.3, -0.25) is 4.99 Å². The molecular formula is C17H25N3S. The maximum Gasteiger partial charge on any atom is 0.191 e. The molecule has 1 aliphatic carbocycles. The predicted octanol–water partition coefficient (Wildman–Crippen LogP) is 3.44. The third-order valence-corrected chi connectivity index (χ3v) is 4.38. The minimum atomic E-state index is 0.515.